The molecule has 0 fully saturated rings. The zero-order valence-corrected chi connectivity index (χ0v) is 10.8. The molecule has 100 valence electrons. The molecule has 7 heteroatoms. The van der Waals surface area contributed by atoms with Crippen LogP contribution in [-0.4, -0.2) is 25.5 Å². The van der Waals surface area contributed by atoms with E-state index in [0.29, 0.717) is 5.56 Å². The normalized spacial score (nSPS) is 13.3. The van der Waals surface area contributed by atoms with Gasteiger partial charge in [0.05, 0.1) is 0 Å². The fraction of sp³-hybridized carbons (Fsp3) is 0.364. The number of sulfonamides is 1. The second-order valence-electron chi connectivity index (χ2n) is 3.85. The summed E-state index contributed by atoms with van der Waals surface area (Å²) >= 11 is 0. The molecule has 0 heterocycles. The Bertz CT molecular complexity index is 556. The quantitative estimate of drug-likeness (QED) is 0.847. The summed E-state index contributed by atoms with van der Waals surface area (Å²) < 4.78 is 39.1. The number of halogens is 1. The van der Waals surface area contributed by atoms with Gasteiger partial charge in [0.25, 0.3) is 0 Å². The predicted octanol–water partition coefficient (Wildman–Crippen LogP) is 1.28. The van der Waals surface area contributed by atoms with E-state index >= 15 is 0 Å². The Labute approximate surface area is 105 Å². The Morgan fingerprint density at radius 1 is 1.50 bits per heavy atom. The van der Waals surface area contributed by atoms with Gasteiger partial charge in [-0.25, -0.2) is 12.8 Å². The van der Waals surface area contributed by atoms with Crippen molar-refractivity contribution in [2.24, 2.45) is 0 Å². The molecular formula is C11H14FNO4S. The summed E-state index contributed by atoms with van der Waals surface area (Å²) in [7, 11) is -4.18. The SMILES string of the molecule is CCC(NS(=O)(=O)c1cc(C)ccc1F)C(=O)O. The first-order valence-electron chi connectivity index (χ1n) is 5.29. The molecule has 0 radical (unpaired) electrons. The fourth-order valence-corrected chi connectivity index (χ4v) is 2.81. The van der Waals surface area contributed by atoms with Crippen LogP contribution < -0.4 is 4.72 Å². The second-order valence-corrected chi connectivity index (χ2v) is 5.54. The van der Waals surface area contributed by atoms with Crippen LogP contribution in [0.3, 0.4) is 0 Å². The predicted molar refractivity (Wildman–Crippen MR) is 63.2 cm³/mol. The van der Waals surface area contributed by atoms with Crippen LogP contribution in [0.2, 0.25) is 0 Å². The van der Waals surface area contributed by atoms with Gasteiger partial charge in [-0.1, -0.05) is 13.0 Å². The molecule has 0 spiro atoms. The van der Waals surface area contributed by atoms with Crippen molar-refractivity contribution in [2.45, 2.75) is 31.2 Å². The van der Waals surface area contributed by atoms with Crippen molar-refractivity contribution >= 4 is 16.0 Å². The van der Waals surface area contributed by atoms with E-state index in [-0.39, 0.29) is 6.42 Å². The average molecular weight is 275 g/mol. The summed E-state index contributed by atoms with van der Waals surface area (Å²) in [6.07, 6.45) is 0.0714. The van der Waals surface area contributed by atoms with E-state index in [2.05, 4.69) is 0 Å². The summed E-state index contributed by atoms with van der Waals surface area (Å²) in [5, 5.41) is 8.79. The number of aliphatic carboxylic acids is 1. The second kappa shape index (κ2) is 5.45. The van der Waals surface area contributed by atoms with E-state index in [0.717, 1.165) is 12.1 Å². The van der Waals surface area contributed by atoms with Gasteiger partial charge >= 0.3 is 5.97 Å². The van der Waals surface area contributed by atoms with Crippen LogP contribution in [0, 0.1) is 12.7 Å². The lowest BCUT2D eigenvalue weighted by atomic mass is 10.2. The summed E-state index contributed by atoms with van der Waals surface area (Å²) in [6.45, 7) is 3.14. The van der Waals surface area contributed by atoms with E-state index < -0.39 is 32.7 Å². The Kier molecular flexibility index (Phi) is 4.42. The van der Waals surface area contributed by atoms with Gasteiger partial charge in [-0.05, 0) is 31.0 Å². The molecule has 0 aliphatic rings. The summed E-state index contributed by atoms with van der Waals surface area (Å²) in [4.78, 5) is 10.2. The number of hydrogen-bond acceptors (Lipinski definition) is 3. The number of nitrogens with one attached hydrogen (secondary N) is 1. The molecule has 0 bridgehead atoms. The maximum absolute atomic E-state index is 13.5. The first kappa shape index (κ1) is 14.6. The third-order valence-electron chi connectivity index (χ3n) is 2.38. The molecule has 1 unspecified atom stereocenters. The van der Waals surface area contributed by atoms with Crippen LogP contribution in [0.15, 0.2) is 23.1 Å². The molecule has 18 heavy (non-hydrogen) atoms. The summed E-state index contributed by atoms with van der Waals surface area (Å²) in [5.74, 6) is -2.21. The topological polar surface area (TPSA) is 83.5 Å². The number of benzene rings is 1. The van der Waals surface area contributed by atoms with Gasteiger partial charge < -0.3 is 5.11 Å². The Hall–Kier alpha value is -1.47. The number of carboxylic acid groups (broad SMARTS) is 1. The van der Waals surface area contributed by atoms with Crippen LogP contribution in [0.25, 0.3) is 0 Å². The molecule has 0 aliphatic carbocycles. The minimum absolute atomic E-state index is 0.0714. The highest BCUT2D eigenvalue weighted by Crippen LogP contribution is 2.16. The van der Waals surface area contributed by atoms with E-state index in [4.69, 9.17) is 5.11 Å². The van der Waals surface area contributed by atoms with E-state index in [1.807, 2.05) is 4.72 Å². The van der Waals surface area contributed by atoms with Crippen LogP contribution in [0.5, 0.6) is 0 Å². The lowest BCUT2D eigenvalue weighted by Gasteiger charge is -2.13. The van der Waals surface area contributed by atoms with Gasteiger partial charge in [-0.15, -0.1) is 0 Å². The third kappa shape index (κ3) is 3.27. The third-order valence-corrected chi connectivity index (χ3v) is 3.87. The molecule has 1 atom stereocenters. The monoisotopic (exact) mass is 275 g/mol. The lowest BCUT2D eigenvalue weighted by molar-refractivity contribution is -0.139. The molecule has 1 aromatic carbocycles. The maximum atomic E-state index is 13.5. The molecule has 0 amide bonds. The molecule has 0 aromatic heterocycles. The fourth-order valence-electron chi connectivity index (χ4n) is 1.38. The highest BCUT2D eigenvalue weighted by Gasteiger charge is 2.26. The smallest absolute Gasteiger partial charge is 0.321 e. The van der Waals surface area contributed by atoms with Crippen LogP contribution in [0.4, 0.5) is 4.39 Å². The molecule has 0 saturated carbocycles. The van der Waals surface area contributed by atoms with Crippen molar-refractivity contribution in [3.05, 3.63) is 29.6 Å². The standard InChI is InChI=1S/C11H14FNO4S/c1-3-9(11(14)15)13-18(16,17)10-6-7(2)4-5-8(10)12/h4-6,9,13H,3H2,1-2H3,(H,14,15). The van der Waals surface area contributed by atoms with Crippen molar-refractivity contribution in [1.82, 2.24) is 4.72 Å². The Morgan fingerprint density at radius 3 is 2.61 bits per heavy atom. The van der Waals surface area contributed by atoms with E-state index in [1.54, 1.807) is 6.92 Å². The van der Waals surface area contributed by atoms with Gasteiger partial charge in [0, 0.05) is 0 Å². The zero-order chi connectivity index (χ0) is 13.9. The number of rotatable bonds is 5. The van der Waals surface area contributed by atoms with Crippen molar-refractivity contribution in [2.75, 3.05) is 0 Å². The van der Waals surface area contributed by atoms with Crippen molar-refractivity contribution in [1.29, 1.82) is 0 Å². The van der Waals surface area contributed by atoms with E-state index in [9.17, 15) is 17.6 Å². The van der Waals surface area contributed by atoms with Gasteiger partial charge in [0.2, 0.25) is 10.0 Å². The van der Waals surface area contributed by atoms with Crippen LogP contribution >= 0.6 is 0 Å². The maximum Gasteiger partial charge on any atom is 0.321 e. The molecule has 2 N–H and O–H groups in total. The molecule has 1 aromatic rings. The Morgan fingerprint density at radius 2 is 2.11 bits per heavy atom. The van der Waals surface area contributed by atoms with Crippen LogP contribution in [-0.2, 0) is 14.8 Å². The molecule has 1 rings (SSSR count). The average Bonchev–Trinajstić information content (AvgIpc) is 2.28. The largest absolute Gasteiger partial charge is 0.480 e. The van der Waals surface area contributed by atoms with Gasteiger partial charge in [0.15, 0.2) is 0 Å². The highest BCUT2D eigenvalue weighted by molar-refractivity contribution is 7.89. The van der Waals surface area contributed by atoms with Gasteiger partial charge in [-0.3, -0.25) is 4.79 Å². The molecule has 0 aliphatic heterocycles. The van der Waals surface area contributed by atoms with Crippen LogP contribution in [0.1, 0.15) is 18.9 Å². The van der Waals surface area contributed by atoms with Crippen molar-refractivity contribution in [3.63, 3.8) is 0 Å². The minimum atomic E-state index is -4.18. The lowest BCUT2D eigenvalue weighted by Crippen LogP contribution is -2.40. The van der Waals surface area contributed by atoms with Crippen molar-refractivity contribution < 1.29 is 22.7 Å². The summed E-state index contributed by atoms with van der Waals surface area (Å²) in [6, 6.07) is 2.36. The zero-order valence-electron chi connectivity index (χ0n) is 9.97. The number of carbonyl (C=O) groups is 1. The number of hydrogen-bond donors (Lipinski definition) is 2. The van der Waals surface area contributed by atoms with E-state index in [1.165, 1.54) is 13.0 Å². The van der Waals surface area contributed by atoms with Crippen molar-refractivity contribution in [3.8, 4) is 0 Å². The number of aryl methyl sites for hydroxylation is 1. The summed E-state index contributed by atoms with van der Waals surface area (Å²) in [5.41, 5.74) is 0.570. The molecule has 5 nitrogen and oxygen atoms in total. The van der Waals surface area contributed by atoms with Gasteiger partial charge in [-0.2, -0.15) is 4.72 Å². The number of carboxylic acids is 1. The first-order valence-corrected chi connectivity index (χ1v) is 6.77. The highest BCUT2D eigenvalue weighted by atomic mass is 32.2. The minimum Gasteiger partial charge on any atom is -0.480 e. The Balaban J connectivity index is 3.14. The van der Waals surface area contributed by atoms with Gasteiger partial charge in [0.1, 0.15) is 16.8 Å². The first-order chi connectivity index (χ1) is 8.27. The molecule has 0 saturated heterocycles. The molecular weight excluding hydrogens is 261 g/mol.